The molecule has 3 N–H and O–H groups in total. The van der Waals surface area contributed by atoms with E-state index in [1.165, 1.54) is 0 Å². The molecule has 0 aromatic carbocycles. The van der Waals surface area contributed by atoms with Crippen LogP contribution in [0.2, 0.25) is 0 Å². The second kappa shape index (κ2) is 13.3. The van der Waals surface area contributed by atoms with E-state index in [1.54, 1.807) is 6.92 Å². The third-order valence-electron chi connectivity index (χ3n) is 3.84. The Morgan fingerprint density at radius 3 is 2.96 bits per heavy atom. The topological polar surface area (TPSA) is 114 Å². The van der Waals surface area contributed by atoms with Crippen LogP contribution in [-0.4, -0.2) is 61.9 Å². The van der Waals surface area contributed by atoms with Crippen LogP contribution < -0.4 is 10.6 Å². The number of aliphatic hydroxyl groups excluding tert-OH is 1. The molecule has 8 heteroatoms. The van der Waals surface area contributed by atoms with Crippen molar-refractivity contribution in [2.45, 2.75) is 45.1 Å². The summed E-state index contributed by atoms with van der Waals surface area (Å²) in [6.07, 6.45) is 5.72. The first-order chi connectivity index (χ1) is 12.5. The second-order valence-electron chi connectivity index (χ2n) is 6.23. The monoisotopic (exact) mass is 370 g/mol. The highest BCUT2D eigenvalue weighted by atomic mass is 16.5. The summed E-state index contributed by atoms with van der Waals surface area (Å²) in [7, 11) is 0. The number of esters is 1. The molecular formula is C18H30N2O6. The van der Waals surface area contributed by atoms with Gasteiger partial charge in [0.25, 0.3) is 0 Å². The molecule has 0 aliphatic carbocycles. The van der Waals surface area contributed by atoms with Gasteiger partial charge < -0.3 is 25.2 Å². The highest BCUT2D eigenvalue weighted by Crippen LogP contribution is 2.12. The molecule has 0 radical (unpaired) electrons. The van der Waals surface area contributed by atoms with Gasteiger partial charge in [0, 0.05) is 19.4 Å². The molecule has 8 nitrogen and oxygen atoms in total. The Balaban J connectivity index is 2.52. The number of cyclic esters (lactones) is 1. The van der Waals surface area contributed by atoms with Crippen LogP contribution in [-0.2, 0) is 23.9 Å². The van der Waals surface area contributed by atoms with Gasteiger partial charge in [-0.2, -0.15) is 0 Å². The molecule has 0 saturated carbocycles. The Kier molecular flexibility index (Phi) is 11.3. The summed E-state index contributed by atoms with van der Waals surface area (Å²) < 4.78 is 10.3. The van der Waals surface area contributed by atoms with Gasteiger partial charge in [-0.3, -0.25) is 14.4 Å². The highest BCUT2D eigenvalue weighted by molar-refractivity contribution is 5.85. The first kappa shape index (κ1) is 22.1. The lowest BCUT2D eigenvalue weighted by molar-refractivity contribution is -0.148. The van der Waals surface area contributed by atoms with Gasteiger partial charge in [-0.15, -0.1) is 0 Å². The lowest BCUT2D eigenvalue weighted by atomic mass is 9.99. The van der Waals surface area contributed by atoms with Crippen LogP contribution in [0.4, 0.5) is 0 Å². The Morgan fingerprint density at radius 2 is 2.19 bits per heavy atom. The SMILES string of the molecule is CC1CNC(=O)C(CC(=O)NCCOCCO)CC=CCCCC(=O)O1. The van der Waals surface area contributed by atoms with Crippen molar-refractivity contribution in [2.75, 3.05) is 32.9 Å². The van der Waals surface area contributed by atoms with E-state index < -0.39 is 12.0 Å². The summed E-state index contributed by atoms with van der Waals surface area (Å²) in [6, 6.07) is 0. The smallest absolute Gasteiger partial charge is 0.306 e. The molecule has 0 saturated heterocycles. The highest BCUT2D eigenvalue weighted by Gasteiger charge is 2.22. The van der Waals surface area contributed by atoms with Gasteiger partial charge in [-0.1, -0.05) is 12.2 Å². The minimum absolute atomic E-state index is 0.0593. The molecule has 26 heavy (non-hydrogen) atoms. The maximum Gasteiger partial charge on any atom is 0.306 e. The molecule has 148 valence electrons. The number of carbonyl (C=O) groups is 3. The van der Waals surface area contributed by atoms with Gasteiger partial charge in [0.1, 0.15) is 6.10 Å². The minimum Gasteiger partial charge on any atom is -0.461 e. The fourth-order valence-corrected chi connectivity index (χ4v) is 2.46. The number of rotatable bonds is 7. The summed E-state index contributed by atoms with van der Waals surface area (Å²) in [5.41, 5.74) is 0. The quantitative estimate of drug-likeness (QED) is 0.337. The maximum absolute atomic E-state index is 12.4. The number of nitrogens with one attached hydrogen (secondary N) is 2. The van der Waals surface area contributed by atoms with E-state index in [-0.39, 0.29) is 44.0 Å². The summed E-state index contributed by atoms with van der Waals surface area (Å²) in [4.78, 5) is 36.0. The standard InChI is InChI=1S/C18H30N2O6/c1-14-13-20-18(24)15(6-4-2-3-5-7-17(23)26-14)12-16(22)19-8-10-25-11-9-21/h2,4,14-15,21H,3,5-13H2,1H3,(H,19,22)(H,20,24). The third kappa shape index (κ3) is 10.1. The number of carbonyl (C=O) groups excluding carboxylic acids is 3. The Bertz CT molecular complexity index is 480. The van der Waals surface area contributed by atoms with Crippen molar-refractivity contribution in [2.24, 2.45) is 5.92 Å². The molecular weight excluding hydrogens is 340 g/mol. The summed E-state index contributed by atoms with van der Waals surface area (Å²) in [6.45, 7) is 2.76. The van der Waals surface area contributed by atoms with Crippen molar-refractivity contribution in [1.29, 1.82) is 0 Å². The fraction of sp³-hybridized carbons (Fsp3) is 0.722. The van der Waals surface area contributed by atoms with E-state index in [1.807, 2.05) is 12.2 Å². The number of allylic oxidation sites excluding steroid dienone is 2. The number of ether oxygens (including phenoxy) is 2. The lowest BCUT2D eigenvalue weighted by Gasteiger charge is -2.18. The predicted octanol–water partition coefficient (Wildman–Crippen LogP) is 0.296. The van der Waals surface area contributed by atoms with E-state index in [0.717, 1.165) is 6.42 Å². The number of aliphatic hydroxyl groups is 1. The van der Waals surface area contributed by atoms with Crippen LogP contribution in [0.15, 0.2) is 12.2 Å². The van der Waals surface area contributed by atoms with Crippen LogP contribution in [0, 0.1) is 5.92 Å². The normalized spacial score (nSPS) is 22.4. The zero-order chi connectivity index (χ0) is 19.2. The third-order valence-corrected chi connectivity index (χ3v) is 3.84. The molecule has 1 rings (SSSR count). The minimum atomic E-state index is -0.478. The van der Waals surface area contributed by atoms with Crippen LogP contribution in [0.25, 0.3) is 0 Å². The molecule has 0 spiro atoms. The Hall–Kier alpha value is -1.93. The Labute approximate surface area is 154 Å². The van der Waals surface area contributed by atoms with Crippen molar-refractivity contribution >= 4 is 17.8 Å². The van der Waals surface area contributed by atoms with Gasteiger partial charge in [-0.25, -0.2) is 0 Å². The molecule has 0 bridgehead atoms. The van der Waals surface area contributed by atoms with Gasteiger partial charge >= 0.3 is 5.97 Å². The zero-order valence-electron chi connectivity index (χ0n) is 15.4. The Morgan fingerprint density at radius 1 is 1.38 bits per heavy atom. The van der Waals surface area contributed by atoms with Crippen molar-refractivity contribution in [3.63, 3.8) is 0 Å². The van der Waals surface area contributed by atoms with E-state index >= 15 is 0 Å². The zero-order valence-corrected chi connectivity index (χ0v) is 15.4. The van der Waals surface area contributed by atoms with Gasteiger partial charge in [-0.05, 0) is 26.2 Å². The molecule has 2 amide bonds. The summed E-state index contributed by atoms with van der Waals surface area (Å²) in [5, 5.41) is 14.1. The van der Waals surface area contributed by atoms with Crippen molar-refractivity contribution in [1.82, 2.24) is 10.6 Å². The van der Waals surface area contributed by atoms with Gasteiger partial charge in [0.2, 0.25) is 11.8 Å². The van der Waals surface area contributed by atoms with E-state index in [2.05, 4.69) is 10.6 Å². The molecule has 1 aliphatic rings. The van der Waals surface area contributed by atoms with Crippen LogP contribution >= 0.6 is 0 Å². The first-order valence-corrected chi connectivity index (χ1v) is 9.10. The van der Waals surface area contributed by atoms with E-state index in [0.29, 0.717) is 32.4 Å². The van der Waals surface area contributed by atoms with Crippen molar-refractivity contribution in [3.8, 4) is 0 Å². The summed E-state index contributed by atoms with van der Waals surface area (Å²) in [5.74, 6) is -1.20. The maximum atomic E-state index is 12.4. The van der Waals surface area contributed by atoms with Crippen molar-refractivity contribution < 1.29 is 29.0 Å². The lowest BCUT2D eigenvalue weighted by Crippen LogP contribution is -2.39. The number of hydrogen-bond acceptors (Lipinski definition) is 6. The second-order valence-corrected chi connectivity index (χ2v) is 6.23. The molecule has 2 unspecified atom stereocenters. The van der Waals surface area contributed by atoms with Gasteiger partial charge in [0.05, 0.1) is 32.3 Å². The van der Waals surface area contributed by atoms with Crippen LogP contribution in [0.5, 0.6) is 0 Å². The predicted molar refractivity (Wildman–Crippen MR) is 95.2 cm³/mol. The molecule has 1 heterocycles. The fourth-order valence-electron chi connectivity index (χ4n) is 2.46. The molecule has 1 aliphatic heterocycles. The molecule has 0 aromatic rings. The average molecular weight is 370 g/mol. The molecule has 0 fully saturated rings. The van der Waals surface area contributed by atoms with E-state index in [9.17, 15) is 14.4 Å². The largest absolute Gasteiger partial charge is 0.461 e. The van der Waals surface area contributed by atoms with Crippen molar-refractivity contribution in [3.05, 3.63) is 12.2 Å². The average Bonchev–Trinajstić information content (AvgIpc) is 2.61. The summed E-state index contributed by atoms with van der Waals surface area (Å²) >= 11 is 0. The van der Waals surface area contributed by atoms with Crippen LogP contribution in [0.1, 0.15) is 39.0 Å². The number of amides is 2. The van der Waals surface area contributed by atoms with Crippen LogP contribution in [0.3, 0.4) is 0 Å². The van der Waals surface area contributed by atoms with Gasteiger partial charge in [0.15, 0.2) is 0 Å². The first-order valence-electron chi connectivity index (χ1n) is 9.10. The molecule has 0 aromatic heterocycles. The number of hydrogen-bond donors (Lipinski definition) is 3. The molecule has 2 atom stereocenters. The van der Waals surface area contributed by atoms with E-state index in [4.69, 9.17) is 14.6 Å².